The summed E-state index contributed by atoms with van der Waals surface area (Å²) in [7, 11) is 3.01. The van der Waals surface area contributed by atoms with Crippen molar-refractivity contribution >= 4 is 38.4 Å². The lowest BCUT2D eigenvalue weighted by Crippen LogP contribution is -2.31. The molecule has 178 valence electrons. The minimum Gasteiger partial charge on any atom is -0.503 e. The Morgan fingerprint density at radius 3 is 2.69 bits per heavy atom. The van der Waals surface area contributed by atoms with Crippen LogP contribution in [0.1, 0.15) is 34.6 Å². The Bertz CT molecular complexity index is 1470. The Hall–Kier alpha value is -4.11. The molecular weight excluding hydrogens is 468 g/mol. The summed E-state index contributed by atoms with van der Waals surface area (Å²) in [4.78, 5) is 32.9. The number of nitrogens with zero attached hydrogens (tertiary/aromatic N) is 2. The number of amides is 1. The number of rotatable bonds is 7. The van der Waals surface area contributed by atoms with Gasteiger partial charge < -0.3 is 19.0 Å². The monoisotopic (exact) mass is 490 g/mol. The van der Waals surface area contributed by atoms with E-state index in [1.165, 1.54) is 42.8 Å². The summed E-state index contributed by atoms with van der Waals surface area (Å²) < 4.78 is 17.2. The molecule has 0 unspecified atom stereocenters. The van der Waals surface area contributed by atoms with Crippen LogP contribution in [0, 0.1) is 0 Å². The first-order valence-electron chi connectivity index (χ1n) is 10.9. The molecule has 35 heavy (non-hydrogen) atoms. The molecule has 1 atom stereocenters. The Morgan fingerprint density at radius 1 is 1.17 bits per heavy atom. The van der Waals surface area contributed by atoms with Gasteiger partial charge >= 0.3 is 0 Å². The fourth-order valence-electron chi connectivity index (χ4n) is 4.20. The minimum absolute atomic E-state index is 0.00458. The first kappa shape index (κ1) is 22.7. The molecule has 0 spiro atoms. The van der Waals surface area contributed by atoms with Crippen molar-refractivity contribution < 1.29 is 28.6 Å². The molecule has 0 radical (unpaired) electrons. The molecule has 0 saturated carbocycles. The first-order chi connectivity index (χ1) is 17.0. The molecular formula is C26H22N2O6S. The number of ketones is 1. The SMILES string of the molecule is CCc1ccc2nc(N3C(=O)C(O)=C(C(=O)c4ccco4)[C@@H]3c3cc(OC)ccc3OC)sc2c1. The smallest absolute Gasteiger partial charge is 0.296 e. The van der Waals surface area contributed by atoms with E-state index in [1.807, 2.05) is 18.2 Å². The molecule has 1 aliphatic heterocycles. The standard InChI is InChI=1S/C26H22N2O6S/c1-4-14-7-9-17-20(12-14)35-26(27-17)28-22(16-13-15(32-2)8-10-18(16)33-3)21(24(30)25(28)31)23(29)19-6-5-11-34-19/h5-13,22,30H,4H2,1-3H3/t22-/m0/s1. The molecule has 1 N–H and O–H groups in total. The van der Waals surface area contributed by atoms with E-state index < -0.39 is 23.5 Å². The number of fused-ring (bicyclic) bond motifs is 1. The van der Waals surface area contributed by atoms with Crippen molar-refractivity contribution in [3.8, 4) is 11.5 Å². The van der Waals surface area contributed by atoms with Gasteiger partial charge in [0.05, 0.1) is 36.3 Å². The van der Waals surface area contributed by atoms with Gasteiger partial charge in [0.15, 0.2) is 16.7 Å². The van der Waals surface area contributed by atoms with Gasteiger partial charge in [0.1, 0.15) is 17.5 Å². The zero-order chi connectivity index (χ0) is 24.7. The first-order valence-corrected chi connectivity index (χ1v) is 11.7. The molecule has 4 aromatic rings. The summed E-state index contributed by atoms with van der Waals surface area (Å²) in [5.41, 5.74) is 2.20. The van der Waals surface area contributed by atoms with Crippen LogP contribution in [-0.4, -0.2) is 36.0 Å². The van der Waals surface area contributed by atoms with Crippen molar-refractivity contribution in [2.45, 2.75) is 19.4 Å². The molecule has 1 aliphatic rings. The van der Waals surface area contributed by atoms with Crippen LogP contribution in [0.15, 0.2) is 70.5 Å². The normalized spacial score (nSPS) is 15.8. The fraction of sp³-hybridized carbons (Fsp3) is 0.192. The third-order valence-corrected chi connectivity index (χ3v) is 7.00. The summed E-state index contributed by atoms with van der Waals surface area (Å²) in [6, 6.07) is 13.0. The van der Waals surface area contributed by atoms with Crippen LogP contribution in [0.5, 0.6) is 11.5 Å². The van der Waals surface area contributed by atoms with Gasteiger partial charge in [0.2, 0.25) is 5.78 Å². The number of furan rings is 1. The molecule has 0 bridgehead atoms. The molecule has 8 nitrogen and oxygen atoms in total. The van der Waals surface area contributed by atoms with Crippen molar-refractivity contribution in [3.05, 3.63) is 83.0 Å². The van der Waals surface area contributed by atoms with Gasteiger partial charge in [-0.1, -0.05) is 24.3 Å². The lowest BCUT2D eigenvalue weighted by Gasteiger charge is -2.26. The number of ether oxygens (including phenoxy) is 2. The third kappa shape index (κ3) is 3.74. The number of carbonyl (C=O) groups excluding carboxylic acids is 2. The Balaban J connectivity index is 1.73. The van der Waals surface area contributed by atoms with Gasteiger partial charge in [-0.15, -0.1) is 0 Å². The number of hydrogen-bond donors (Lipinski definition) is 1. The second-order valence-corrected chi connectivity index (χ2v) is 8.92. The maximum absolute atomic E-state index is 13.5. The highest BCUT2D eigenvalue weighted by Gasteiger charge is 2.47. The number of hydrogen-bond acceptors (Lipinski definition) is 8. The quantitative estimate of drug-likeness (QED) is 0.353. The molecule has 5 rings (SSSR count). The summed E-state index contributed by atoms with van der Waals surface area (Å²) in [6.45, 7) is 2.06. The lowest BCUT2D eigenvalue weighted by molar-refractivity contribution is -0.117. The molecule has 9 heteroatoms. The summed E-state index contributed by atoms with van der Waals surface area (Å²) >= 11 is 1.31. The van der Waals surface area contributed by atoms with Crippen LogP contribution in [0.3, 0.4) is 0 Å². The van der Waals surface area contributed by atoms with Gasteiger partial charge in [-0.25, -0.2) is 4.98 Å². The number of benzene rings is 2. The minimum atomic E-state index is -1.02. The van der Waals surface area contributed by atoms with E-state index in [-0.39, 0.29) is 11.3 Å². The zero-order valence-corrected chi connectivity index (χ0v) is 20.1. The number of carbonyl (C=O) groups is 2. The van der Waals surface area contributed by atoms with Gasteiger partial charge in [-0.2, -0.15) is 0 Å². The van der Waals surface area contributed by atoms with Crippen molar-refractivity contribution in [1.82, 2.24) is 4.98 Å². The third-order valence-electron chi connectivity index (χ3n) is 5.99. The summed E-state index contributed by atoms with van der Waals surface area (Å²) in [6.07, 6.45) is 2.22. The fourth-order valence-corrected chi connectivity index (χ4v) is 5.26. The molecule has 3 heterocycles. The topological polar surface area (TPSA) is 102 Å². The maximum Gasteiger partial charge on any atom is 0.296 e. The number of aromatic nitrogens is 1. The van der Waals surface area contributed by atoms with Crippen molar-refractivity contribution in [1.29, 1.82) is 0 Å². The molecule has 2 aromatic carbocycles. The zero-order valence-electron chi connectivity index (χ0n) is 19.3. The van der Waals surface area contributed by atoms with Crippen molar-refractivity contribution in [2.75, 3.05) is 19.1 Å². The molecule has 2 aromatic heterocycles. The van der Waals surface area contributed by atoms with Gasteiger partial charge in [0.25, 0.3) is 5.91 Å². The molecule has 0 fully saturated rings. The molecule has 1 amide bonds. The van der Waals surface area contributed by atoms with Crippen LogP contribution in [0.2, 0.25) is 0 Å². The van der Waals surface area contributed by atoms with Gasteiger partial charge in [-0.05, 0) is 54.4 Å². The van der Waals surface area contributed by atoms with Crippen LogP contribution in [0.25, 0.3) is 10.2 Å². The van der Waals surface area contributed by atoms with E-state index >= 15 is 0 Å². The van der Waals surface area contributed by atoms with E-state index in [0.29, 0.717) is 22.2 Å². The maximum atomic E-state index is 13.5. The van der Waals surface area contributed by atoms with Crippen molar-refractivity contribution in [3.63, 3.8) is 0 Å². The second-order valence-electron chi connectivity index (χ2n) is 7.91. The second kappa shape index (κ2) is 8.92. The molecule has 0 aliphatic carbocycles. The average Bonchev–Trinajstić information content (AvgIpc) is 3.61. The Kier molecular flexibility index (Phi) is 5.78. The largest absolute Gasteiger partial charge is 0.503 e. The van der Waals surface area contributed by atoms with E-state index in [4.69, 9.17) is 13.9 Å². The number of Topliss-reactive ketones (excluding diaryl/α,β-unsaturated/α-hetero) is 1. The number of methoxy groups -OCH3 is 2. The van der Waals surface area contributed by atoms with Crippen molar-refractivity contribution in [2.24, 2.45) is 0 Å². The number of aliphatic hydroxyl groups is 1. The van der Waals surface area contributed by atoms with Crippen LogP contribution in [-0.2, 0) is 11.2 Å². The lowest BCUT2D eigenvalue weighted by atomic mass is 9.94. The Labute approximate surface area is 205 Å². The predicted octanol–water partition coefficient (Wildman–Crippen LogP) is 5.25. The van der Waals surface area contributed by atoms with Gasteiger partial charge in [-0.3, -0.25) is 14.5 Å². The highest BCUT2D eigenvalue weighted by Crippen LogP contribution is 2.47. The number of anilines is 1. The molecule has 0 saturated heterocycles. The Morgan fingerprint density at radius 2 is 2.00 bits per heavy atom. The number of aryl methyl sites for hydroxylation is 1. The predicted molar refractivity (Wildman–Crippen MR) is 131 cm³/mol. The van der Waals surface area contributed by atoms with E-state index in [0.717, 1.165) is 22.2 Å². The average molecular weight is 491 g/mol. The van der Waals surface area contributed by atoms with Crippen LogP contribution in [0.4, 0.5) is 5.13 Å². The van der Waals surface area contributed by atoms with Gasteiger partial charge in [0, 0.05) is 5.56 Å². The number of thiazole rings is 1. The van der Waals surface area contributed by atoms with E-state index in [2.05, 4.69) is 11.9 Å². The number of aliphatic hydroxyl groups excluding tert-OH is 1. The summed E-state index contributed by atoms with van der Waals surface area (Å²) in [5.74, 6) is -1.07. The highest BCUT2D eigenvalue weighted by molar-refractivity contribution is 7.22. The highest BCUT2D eigenvalue weighted by atomic mass is 32.1. The van der Waals surface area contributed by atoms with Crippen LogP contribution >= 0.6 is 11.3 Å². The van der Waals surface area contributed by atoms with Crippen LogP contribution < -0.4 is 14.4 Å². The van der Waals surface area contributed by atoms with E-state index in [1.54, 1.807) is 24.3 Å². The van der Waals surface area contributed by atoms with E-state index in [9.17, 15) is 14.7 Å². The summed E-state index contributed by atoms with van der Waals surface area (Å²) in [5, 5.41) is 11.3.